The molecule has 0 radical (unpaired) electrons. The summed E-state index contributed by atoms with van der Waals surface area (Å²) in [4.78, 5) is -0.179. The molecule has 0 fully saturated rings. The molecule has 0 amide bonds. The van der Waals surface area contributed by atoms with Crippen LogP contribution in [0.1, 0.15) is 6.92 Å². The number of rotatable bonds is 6. The van der Waals surface area contributed by atoms with Crippen LogP contribution in [-0.2, 0) is 19.5 Å². The fourth-order valence-electron chi connectivity index (χ4n) is 1.65. The summed E-state index contributed by atoms with van der Waals surface area (Å²) in [6.07, 6.45) is -0.724. The molecule has 0 aliphatic rings. The van der Waals surface area contributed by atoms with Gasteiger partial charge in [-0.2, -0.15) is 0 Å². The molecule has 0 bridgehead atoms. The number of nitrogens with one attached hydrogen (secondary N) is 1. The van der Waals surface area contributed by atoms with Crippen molar-refractivity contribution in [3.8, 4) is 0 Å². The molecule has 0 saturated carbocycles. The van der Waals surface area contributed by atoms with Crippen molar-refractivity contribution in [1.29, 1.82) is 0 Å². The summed E-state index contributed by atoms with van der Waals surface area (Å²) < 4.78 is 37.7. The number of hydrogen-bond donors (Lipinski definition) is 1. The average Bonchev–Trinajstić information content (AvgIpc) is 2.27. The van der Waals surface area contributed by atoms with Crippen molar-refractivity contribution >= 4 is 49.2 Å². The van der Waals surface area contributed by atoms with Gasteiger partial charge in [0.2, 0.25) is 10.0 Å². The van der Waals surface area contributed by atoms with E-state index in [0.717, 1.165) is 0 Å². The molecule has 1 rings (SSSR count). The van der Waals surface area contributed by atoms with Gasteiger partial charge in [-0.15, -0.1) is 0 Å². The minimum absolute atomic E-state index is 0.0236. The lowest BCUT2D eigenvalue weighted by molar-refractivity contribution is -0.115. The first-order valence-corrected chi connectivity index (χ1v) is 8.48. The maximum absolute atomic E-state index is 12.3. The highest BCUT2D eigenvalue weighted by Gasteiger charge is 2.27. The molecule has 20 heavy (non-hydrogen) atoms. The molecule has 1 aromatic rings. The molecule has 1 atom stereocenters. The topological polar surface area (TPSA) is 64.6 Å². The Bertz CT molecular complexity index is 555. The van der Waals surface area contributed by atoms with Gasteiger partial charge in [0.05, 0.1) is 16.1 Å². The average molecular weight is 407 g/mol. The number of benzene rings is 1. The van der Waals surface area contributed by atoms with Gasteiger partial charge in [0.25, 0.3) is 0 Å². The highest BCUT2D eigenvalue weighted by atomic mass is 79.9. The Hall–Kier alpha value is 0.110. The molecule has 0 aromatic heterocycles. The van der Waals surface area contributed by atoms with E-state index in [1.165, 1.54) is 26.4 Å². The second-order valence-electron chi connectivity index (χ2n) is 3.95. The molecule has 0 heterocycles. The van der Waals surface area contributed by atoms with E-state index in [4.69, 9.17) is 32.7 Å². The van der Waals surface area contributed by atoms with Crippen LogP contribution in [0.15, 0.2) is 21.5 Å². The van der Waals surface area contributed by atoms with Crippen LogP contribution >= 0.6 is 39.1 Å². The van der Waals surface area contributed by atoms with Crippen LogP contribution in [0, 0.1) is 0 Å². The normalized spacial score (nSPS) is 13.8. The Morgan fingerprint density at radius 1 is 1.20 bits per heavy atom. The van der Waals surface area contributed by atoms with E-state index in [1.807, 2.05) is 0 Å². The second-order valence-corrected chi connectivity index (χ2v) is 7.33. The third-order valence-corrected chi connectivity index (χ3v) is 5.38. The van der Waals surface area contributed by atoms with Crippen LogP contribution in [0.25, 0.3) is 0 Å². The summed E-state index contributed by atoms with van der Waals surface area (Å²) in [5.41, 5.74) is 0. The minimum Gasteiger partial charge on any atom is -0.354 e. The van der Waals surface area contributed by atoms with Crippen molar-refractivity contribution in [2.24, 2.45) is 0 Å². The molecule has 1 aromatic carbocycles. The van der Waals surface area contributed by atoms with Gasteiger partial charge in [0, 0.05) is 18.7 Å². The van der Waals surface area contributed by atoms with Crippen LogP contribution < -0.4 is 4.72 Å². The van der Waals surface area contributed by atoms with Gasteiger partial charge in [-0.1, -0.05) is 39.1 Å². The number of ether oxygens (including phenoxy) is 2. The fraction of sp³-hybridized carbons (Fsp3) is 0.455. The number of sulfonamides is 1. The van der Waals surface area contributed by atoms with Gasteiger partial charge in [-0.25, -0.2) is 13.1 Å². The summed E-state index contributed by atoms with van der Waals surface area (Å²) in [7, 11) is -1.07. The van der Waals surface area contributed by atoms with Crippen molar-refractivity contribution in [2.75, 3.05) is 14.2 Å². The number of halogens is 3. The van der Waals surface area contributed by atoms with Gasteiger partial charge < -0.3 is 9.47 Å². The maximum Gasteiger partial charge on any atom is 0.243 e. The molecule has 114 valence electrons. The lowest BCUT2D eigenvalue weighted by atomic mass is 10.3. The second kappa shape index (κ2) is 7.40. The van der Waals surface area contributed by atoms with Crippen molar-refractivity contribution < 1.29 is 17.9 Å². The first-order chi connectivity index (χ1) is 9.22. The fourth-order valence-corrected chi connectivity index (χ4v) is 4.82. The molecule has 0 spiro atoms. The van der Waals surface area contributed by atoms with E-state index in [1.54, 1.807) is 6.92 Å². The van der Waals surface area contributed by atoms with E-state index in [2.05, 4.69) is 20.7 Å². The van der Waals surface area contributed by atoms with Crippen LogP contribution in [0.5, 0.6) is 0 Å². The molecule has 9 heteroatoms. The highest BCUT2D eigenvalue weighted by Crippen LogP contribution is 2.32. The van der Waals surface area contributed by atoms with Gasteiger partial charge in [-0.05, 0) is 19.1 Å². The predicted molar refractivity (Wildman–Crippen MR) is 81.8 cm³/mol. The zero-order valence-electron chi connectivity index (χ0n) is 11.0. The number of hydrogen-bond acceptors (Lipinski definition) is 4. The Balaban J connectivity index is 3.12. The van der Waals surface area contributed by atoms with Crippen molar-refractivity contribution in [2.45, 2.75) is 24.2 Å². The minimum atomic E-state index is -3.90. The van der Waals surface area contributed by atoms with Crippen molar-refractivity contribution in [3.63, 3.8) is 0 Å². The molecule has 0 aliphatic heterocycles. The Labute approximate surface area is 136 Å². The third-order valence-electron chi connectivity index (χ3n) is 2.45. The standard InChI is InChI=1S/C11H14BrCl2NO4S/c1-6(11(18-2)19-3)15-20(16,17)10-8(13)4-7(12)5-9(10)14/h4-6,11,15H,1-3H3. The summed E-state index contributed by atoms with van der Waals surface area (Å²) in [5, 5.41) is 0.0471. The summed E-state index contributed by atoms with van der Waals surface area (Å²) in [6, 6.07) is 2.29. The van der Waals surface area contributed by atoms with Gasteiger partial charge in [0.15, 0.2) is 6.29 Å². The molecule has 5 nitrogen and oxygen atoms in total. The zero-order valence-corrected chi connectivity index (χ0v) is 14.9. The van der Waals surface area contributed by atoms with Crippen molar-refractivity contribution in [3.05, 3.63) is 26.7 Å². The molecular formula is C11H14BrCl2NO4S. The largest absolute Gasteiger partial charge is 0.354 e. The predicted octanol–water partition coefficient (Wildman–Crippen LogP) is 3.04. The van der Waals surface area contributed by atoms with Crippen LogP contribution in [0.4, 0.5) is 0 Å². The SMILES string of the molecule is COC(OC)C(C)NS(=O)(=O)c1c(Cl)cc(Br)cc1Cl. The Morgan fingerprint density at radius 3 is 2.05 bits per heavy atom. The van der Waals surface area contributed by atoms with Crippen LogP contribution in [0.2, 0.25) is 10.0 Å². The molecule has 1 N–H and O–H groups in total. The van der Waals surface area contributed by atoms with Crippen LogP contribution in [0.3, 0.4) is 0 Å². The maximum atomic E-state index is 12.3. The van der Waals surface area contributed by atoms with Crippen LogP contribution in [-0.4, -0.2) is 35.0 Å². The van der Waals surface area contributed by atoms with Gasteiger partial charge in [-0.3, -0.25) is 0 Å². The highest BCUT2D eigenvalue weighted by molar-refractivity contribution is 9.10. The molecule has 0 saturated heterocycles. The van der Waals surface area contributed by atoms with E-state index in [0.29, 0.717) is 4.47 Å². The van der Waals surface area contributed by atoms with E-state index in [-0.39, 0.29) is 14.9 Å². The smallest absolute Gasteiger partial charge is 0.243 e. The summed E-state index contributed by atoms with van der Waals surface area (Å²) in [6.45, 7) is 1.61. The Kier molecular flexibility index (Phi) is 6.72. The monoisotopic (exact) mass is 405 g/mol. The van der Waals surface area contributed by atoms with Gasteiger partial charge in [0.1, 0.15) is 4.90 Å². The van der Waals surface area contributed by atoms with Gasteiger partial charge >= 0.3 is 0 Å². The quantitative estimate of drug-likeness (QED) is 0.737. The van der Waals surface area contributed by atoms with E-state index < -0.39 is 22.4 Å². The van der Waals surface area contributed by atoms with Crippen molar-refractivity contribution in [1.82, 2.24) is 4.72 Å². The third kappa shape index (κ3) is 4.30. The molecule has 1 unspecified atom stereocenters. The first-order valence-electron chi connectivity index (χ1n) is 5.45. The summed E-state index contributed by atoms with van der Waals surface area (Å²) >= 11 is 15.1. The van der Waals surface area contributed by atoms with E-state index >= 15 is 0 Å². The lowest BCUT2D eigenvalue weighted by Crippen LogP contribution is -2.43. The van der Waals surface area contributed by atoms with E-state index in [9.17, 15) is 8.42 Å². The zero-order chi connectivity index (χ0) is 15.5. The Morgan fingerprint density at radius 2 is 1.65 bits per heavy atom. The first kappa shape index (κ1) is 18.2. The molecular weight excluding hydrogens is 393 g/mol. The summed E-state index contributed by atoms with van der Waals surface area (Å²) in [5.74, 6) is 0. The molecule has 0 aliphatic carbocycles. The number of methoxy groups -OCH3 is 2. The lowest BCUT2D eigenvalue weighted by Gasteiger charge is -2.22.